The van der Waals surface area contributed by atoms with Crippen molar-refractivity contribution in [1.82, 2.24) is 0 Å². The molecule has 2 N–H and O–H groups in total. The minimum atomic E-state index is -4.77. The minimum Gasteiger partial charge on any atom is -0.366 e. The average Bonchev–Trinajstić information content (AvgIpc) is 2.73. The Kier molecular flexibility index (Phi) is 6.53. The molecule has 3 rings (SSSR count). The van der Waals surface area contributed by atoms with E-state index < -0.39 is 23.6 Å². The van der Waals surface area contributed by atoms with Crippen LogP contribution in [0.5, 0.6) is 0 Å². The minimum absolute atomic E-state index is 0.102. The molecule has 2 amide bonds. The van der Waals surface area contributed by atoms with Crippen LogP contribution < -0.4 is 10.6 Å². The fourth-order valence-corrected chi connectivity index (χ4v) is 3.56. The lowest BCUT2D eigenvalue weighted by Gasteiger charge is -2.23. The third kappa shape index (κ3) is 4.74. The summed E-state index contributed by atoms with van der Waals surface area (Å²) in [5.41, 5.74) is 5.20. The lowest BCUT2D eigenvalue weighted by molar-refractivity contribution is -0.137. The van der Waals surface area contributed by atoms with E-state index in [1.807, 2.05) is 0 Å². The van der Waals surface area contributed by atoms with Gasteiger partial charge in [0.1, 0.15) is 0 Å². The summed E-state index contributed by atoms with van der Waals surface area (Å²) in [5.74, 6) is -1.39. The predicted molar refractivity (Wildman–Crippen MR) is 119 cm³/mol. The second-order valence-corrected chi connectivity index (χ2v) is 7.93. The first-order chi connectivity index (χ1) is 14.9. The van der Waals surface area contributed by atoms with Crippen LogP contribution in [0.25, 0.3) is 11.1 Å². The molecule has 32 heavy (non-hydrogen) atoms. The van der Waals surface area contributed by atoms with Crippen LogP contribution in [0.1, 0.15) is 31.8 Å². The van der Waals surface area contributed by atoms with Gasteiger partial charge in [0.25, 0.3) is 5.91 Å². The van der Waals surface area contributed by atoms with Crippen molar-refractivity contribution in [3.63, 3.8) is 0 Å². The summed E-state index contributed by atoms with van der Waals surface area (Å²) in [6.45, 7) is 1.75. The van der Waals surface area contributed by atoms with E-state index in [1.165, 1.54) is 49.5 Å². The van der Waals surface area contributed by atoms with Gasteiger partial charge in [0.05, 0.1) is 11.3 Å². The third-order valence-electron chi connectivity index (χ3n) is 4.95. The molecule has 0 saturated heterocycles. The highest BCUT2D eigenvalue weighted by atomic mass is 35.5. The number of rotatable bonds is 4. The summed E-state index contributed by atoms with van der Waals surface area (Å²) in [7, 11) is 1.25. The molecule has 0 saturated carbocycles. The first-order valence-corrected chi connectivity index (χ1v) is 10.0. The first kappa shape index (κ1) is 23.6. The number of hydrogen-bond donors (Lipinski definition) is 1. The molecule has 0 heterocycles. The molecule has 0 aliphatic rings. The fraction of sp³-hybridized carbons (Fsp3) is 0.130. The van der Waals surface area contributed by atoms with E-state index in [0.717, 1.165) is 16.5 Å². The quantitative estimate of drug-likeness (QED) is 0.471. The Morgan fingerprint density at radius 3 is 2.16 bits per heavy atom. The van der Waals surface area contributed by atoms with Crippen molar-refractivity contribution < 1.29 is 22.8 Å². The standard InChI is InChI=1S/C23H17Cl2F3N2O2/c1-12-3-4-15(11-19(12)25)22(32)30(2)20-8-6-13(10-17(20)23(26,27)28)16-9-14(21(29)31)5-7-18(16)24/h3-11H,1-2H3,(H2,29,31). The highest BCUT2D eigenvalue weighted by Gasteiger charge is 2.36. The van der Waals surface area contributed by atoms with Crippen LogP contribution in [0.3, 0.4) is 0 Å². The molecule has 0 aliphatic heterocycles. The molecule has 9 heteroatoms. The summed E-state index contributed by atoms with van der Waals surface area (Å²) in [6.07, 6.45) is -4.77. The zero-order valence-corrected chi connectivity index (χ0v) is 18.4. The van der Waals surface area contributed by atoms with Crippen LogP contribution in [0.15, 0.2) is 54.6 Å². The number of carbonyl (C=O) groups is 2. The molecule has 3 aromatic rings. The van der Waals surface area contributed by atoms with E-state index in [1.54, 1.807) is 13.0 Å². The van der Waals surface area contributed by atoms with Crippen molar-refractivity contribution in [3.8, 4) is 11.1 Å². The molecule has 0 radical (unpaired) electrons. The van der Waals surface area contributed by atoms with E-state index in [-0.39, 0.29) is 33.0 Å². The first-order valence-electron chi connectivity index (χ1n) is 9.25. The van der Waals surface area contributed by atoms with Crippen molar-refractivity contribution in [2.45, 2.75) is 13.1 Å². The Morgan fingerprint density at radius 1 is 0.906 bits per heavy atom. The molecule has 0 spiro atoms. The highest BCUT2D eigenvalue weighted by Crippen LogP contribution is 2.40. The zero-order valence-electron chi connectivity index (χ0n) is 16.9. The van der Waals surface area contributed by atoms with E-state index in [4.69, 9.17) is 28.9 Å². The molecular weight excluding hydrogens is 464 g/mol. The average molecular weight is 481 g/mol. The topological polar surface area (TPSA) is 63.4 Å². The normalized spacial score (nSPS) is 11.3. The number of aryl methyl sites for hydroxylation is 1. The summed E-state index contributed by atoms with van der Waals surface area (Å²) < 4.78 is 41.8. The van der Waals surface area contributed by atoms with Gasteiger partial charge in [-0.1, -0.05) is 35.3 Å². The molecule has 0 bridgehead atoms. The molecule has 3 aromatic carbocycles. The lowest BCUT2D eigenvalue weighted by Crippen LogP contribution is -2.28. The van der Waals surface area contributed by atoms with Crippen molar-refractivity contribution >= 4 is 40.7 Å². The number of alkyl halides is 3. The Hall–Kier alpha value is -3.03. The number of amides is 2. The Bertz CT molecular complexity index is 1230. The zero-order chi connectivity index (χ0) is 23.8. The van der Waals surface area contributed by atoms with Crippen LogP contribution in [0.4, 0.5) is 18.9 Å². The molecule has 0 atom stereocenters. The number of halogens is 5. The van der Waals surface area contributed by atoms with Gasteiger partial charge in [0.15, 0.2) is 0 Å². The Balaban J connectivity index is 2.10. The van der Waals surface area contributed by atoms with Gasteiger partial charge in [0, 0.05) is 33.8 Å². The molecule has 0 fully saturated rings. The maximum atomic E-state index is 13.9. The summed E-state index contributed by atoms with van der Waals surface area (Å²) >= 11 is 12.2. The van der Waals surface area contributed by atoms with Crippen molar-refractivity contribution in [3.05, 3.63) is 86.9 Å². The van der Waals surface area contributed by atoms with E-state index in [9.17, 15) is 22.8 Å². The lowest BCUT2D eigenvalue weighted by atomic mass is 9.98. The number of carbonyl (C=O) groups excluding carboxylic acids is 2. The molecular formula is C23H17Cl2F3N2O2. The van der Waals surface area contributed by atoms with E-state index in [2.05, 4.69) is 0 Å². The second-order valence-electron chi connectivity index (χ2n) is 7.12. The second kappa shape index (κ2) is 8.84. The van der Waals surface area contributed by atoms with E-state index >= 15 is 0 Å². The van der Waals surface area contributed by atoms with Crippen LogP contribution in [-0.4, -0.2) is 18.9 Å². The maximum Gasteiger partial charge on any atom is 0.418 e. The summed E-state index contributed by atoms with van der Waals surface area (Å²) in [5, 5.41) is 0.481. The smallest absolute Gasteiger partial charge is 0.366 e. The van der Waals surface area contributed by atoms with Gasteiger partial charge in [-0.2, -0.15) is 13.2 Å². The Labute approximate surface area is 192 Å². The number of nitrogens with zero attached hydrogens (tertiary/aromatic N) is 1. The van der Waals surface area contributed by atoms with Crippen LogP contribution in [0, 0.1) is 6.92 Å². The van der Waals surface area contributed by atoms with Gasteiger partial charge < -0.3 is 10.6 Å². The van der Waals surface area contributed by atoms with Crippen LogP contribution in [-0.2, 0) is 6.18 Å². The molecule has 0 aromatic heterocycles. The van der Waals surface area contributed by atoms with Gasteiger partial charge in [0.2, 0.25) is 5.91 Å². The number of nitrogens with two attached hydrogens (primary N) is 1. The van der Waals surface area contributed by atoms with Gasteiger partial charge in [-0.25, -0.2) is 0 Å². The van der Waals surface area contributed by atoms with Gasteiger partial charge in [-0.15, -0.1) is 0 Å². The Morgan fingerprint density at radius 2 is 1.56 bits per heavy atom. The molecule has 0 unspecified atom stereocenters. The summed E-state index contributed by atoms with van der Waals surface area (Å²) in [6, 6.07) is 12.1. The van der Waals surface area contributed by atoms with Gasteiger partial charge in [-0.05, 0) is 60.5 Å². The van der Waals surface area contributed by atoms with Gasteiger partial charge >= 0.3 is 6.18 Å². The molecule has 0 aliphatic carbocycles. The predicted octanol–water partition coefficient (Wildman–Crippen LogP) is 6.36. The number of primary amides is 1. The maximum absolute atomic E-state index is 13.9. The SMILES string of the molecule is Cc1ccc(C(=O)N(C)c2ccc(-c3cc(C(N)=O)ccc3Cl)cc2C(F)(F)F)cc1Cl. The third-order valence-corrected chi connectivity index (χ3v) is 5.69. The van der Waals surface area contributed by atoms with Crippen molar-refractivity contribution in [2.75, 3.05) is 11.9 Å². The largest absolute Gasteiger partial charge is 0.418 e. The number of hydrogen-bond acceptors (Lipinski definition) is 2. The number of anilines is 1. The molecule has 166 valence electrons. The van der Waals surface area contributed by atoms with Gasteiger partial charge in [-0.3, -0.25) is 9.59 Å². The monoisotopic (exact) mass is 480 g/mol. The highest BCUT2D eigenvalue weighted by molar-refractivity contribution is 6.33. The van der Waals surface area contributed by atoms with Crippen molar-refractivity contribution in [2.24, 2.45) is 5.73 Å². The number of benzene rings is 3. The van der Waals surface area contributed by atoms with E-state index in [0.29, 0.717) is 5.02 Å². The van der Waals surface area contributed by atoms with Crippen molar-refractivity contribution in [1.29, 1.82) is 0 Å². The molecule has 4 nitrogen and oxygen atoms in total. The fourth-order valence-electron chi connectivity index (χ4n) is 3.15. The van der Waals surface area contributed by atoms with Crippen LogP contribution in [0.2, 0.25) is 10.0 Å². The summed E-state index contributed by atoms with van der Waals surface area (Å²) in [4.78, 5) is 25.2. The van der Waals surface area contributed by atoms with Crippen LogP contribution >= 0.6 is 23.2 Å².